The van der Waals surface area contributed by atoms with Gasteiger partial charge in [-0.2, -0.15) is 0 Å². The van der Waals surface area contributed by atoms with Gasteiger partial charge < -0.3 is 4.90 Å². The summed E-state index contributed by atoms with van der Waals surface area (Å²) in [4.78, 5) is 2.37. The maximum Gasteiger partial charge on any atom is 0.0713 e. The monoisotopic (exact) mass is 915 g/mol. The molecule has 0 saturated carbocycles. The van der Waals surface area contributed by atoms with Crippen molar-refractivity contribution in [2.24, 2.45) is 0 Å². The highest BCUT2D eigenvalue weighted by molar-refractivity contribution is 5.90. The van der Waals surface area contributed by atoms with Crippen molar-refractivity contribution < 1.29 is 0 Å². The number of anilines is 3. The van der Waals surface area contributed by atoms with Crippen molar-refractivity contribution in [3.63, 3.8) is 0 Å². The molecule has 0 heterocycles. The van der Waals surface area contributed by atoms with Crippen LogP contribution in [-0.2, 0) is 5.41 Å². The Labute approximate surface area is 422 Å². The van der Waals surface area contributed by atoms with Crippen molar-refractivity contribution in [1.82, 2.24) is 0 Å². The molecule has 0 bridgehead atoms. The maximum absolute atomic E-state index is 2.45. The number of benzene rings is 12. The molecule has 0 spiro atoms. The Bertz CT molecular complexity index is 3840. The van der Waals surface area contributed by atoms with E-state index >= 15 is 0 Å². The molecule has 0 radical (unpaired) electrons. The van der Waals surface area contributed by atoms with Crippen LogP contribution in [0.15, 0.2) is 297 Å². The van der Waals surface area contributed by atoms with Gasteiger partial charge in [0.2, 0.25) is 0 Å². The second kappa shape index (κ2) is 18.2. The first kappa shape index (κ1) is 42.8. The molecule has 13 rings (SSSR count). The van der Waals surface area contributed by atoms with E-state index in [0.29, 0.717) is 0 Å². The van der Waals surface area contributed by atoms with E-state index in [1.165, 1.54) is 99.8 Å². The highest BCUT2D eigenvalue weighted by Crippen LogP contribution is 2.56. The molecule has 0 fully saturated rings. The van der Waals surface area contributed by atoms with Crippen LogP contribution >= 0.6 is 0 Å². The van der Waals surface area contributed by atoms with E-state index in [1.54, 1.807) is 0 Å². The van der Waals surface area contributed by atoms with Gasteiger partial charge in [0.1, 0.15) is 0 Å². The van der Waals surface area contributed by atoms with Crippen LogP contribution in [0, 0.1) is 0 Å². The van der Waals surface area contributed by atoms with Crippen molar-refractivity contribution in [3.8, 4) is 66.8 Å². The van der Waals surface area contributed by atoms with Crippen molar-refractivity contribution in [2.45, 2.75) is 5.41 Å². The molecule has 0 atom stereocenters. The lowest BCUT2D eigenvalue weighted by molar-refractivity contribution is 0.769. The van der Waals surface area contributed by atoms with E-state index in [9.17, 15) is 0 Å². The van der Waals surface area contributed by atoms with E-state index < -0.39 is 5.41 Å². The normalized spacial score (nSPS) is 12.3. The summed E-state index contributed by atoms with van der Waals surface area (Å²) in [5, 5.41) is 2.50. The van der Waals surface area contributed by atoms with Crippen molar-refractivity contribution >= 4 is 27.8 Å². The lowest BCUT2D eigenvalue weighted by Crippen LogP contribution is -2.28. The number of nitrogens with zero attached hydrogens (tertiary/aromatic N) is 1. The van der Waals surface area contributed by atoms with Crippen LogP contribution in [-0.4, -0.2) is 0 Å². The fourth-order valence-corrected chi connectivity index (χ4v) is 11.2. The fraction of sp³-hybridized carbons (Fsp3) is 0.0141. The minimum absolute atomic E-state index is 0.458. The number of fused-ring (bicyclic) bond motifs is 4. The third kappa shape index (κ3) is 7.60. The second-order valence-electron chi connectivity index (χ2n) is 18.9. The van der Waals surface area contributed by atoms with Gasteiger partial charge in [-0.1, -0.05) is 237 Å². The standard InChI is InChI=1S/C71H49N/c1-4-16-50(17-5-1)56-20-14-21-57(46-56)52-32-39-64(40-33-52)72(65-41-34-53(35-42-65)58-22-15-23-59(47-58)60-31-30-51-18-10-11-19-55(51)48-60)66-43-36-54(37-44-66)61-38-45-68-67-28-12-13-29-69(67)71(70(68)49-61,62-24-6-2-7-25-62)63-26-8-3-9-27-63/h1-49H. The van der Waals surface area contributed by atoms with Gasteiger partial charge in [-0.25, -0.2) is 0 Å². The summed E-state index contributed by atoms with van der Waals surface area (Å²) in [6.45, 7) is 0. The highest BCUT2D eigenvalue weighted by Gasteiger charge is 2.46. The molecular weight excluding hydrogens is 867 g/mol. The van der Waals surface area contributed by atoms with Crippen molar-refractivity contribution in [3.05, 3.63) is 320 Å². The van der Waals surface area contributed by atoms with Gasteiger partial charge in [-0.05, 0) is 160 Å². The molecule has 0 aromatic heterocycles. The average Bonchev–Trinajstić information content (AvgIpc) is 3.77. The molecule has 12 aromatic carbocycles. The summed E-state index contributed by atoms with van der Waals surface area (Å²) in [7, 11) is 0. The lowest BCUT2D eigenvalue weighted by atomic mass is 9.67. The minimum atomic E-state index is -0.458. The Kier molecular flexibility index (Phi) is 10.8. The molecular formula is C71H49N. The Morgan fingerprint density at radius 1 is 0.208 bits per heavy atom. The van der Waals surface area contributed by atoms with Crippen LogP contribution in [0.3, 0.4) is 0 Å². The molecule has 0 amide bonds. The SMILES string of the molecule is c1ccc(-c2cccc(-c3ccc(N(c4ccc(-c5cccc(-c6ccc7ccccc7c6)c5)cc4)c4ccc(-c5ccc6c(c5)C(c5ccccc5)(c5ccccc5)c5ccccc5-6)cc4)cc3)c2)cc1. The predicted molar refractivity (Wildman–Crippen MR) is 303 cm³/mol. The van der Waals surface area contributed by atoms with Gasteiger partial charge >= 0.3 is 0 Å². The Hall–Kier alpha value is -9.30. The van der Waals surface area contributed by atoms with Crippen molar-refractivity contribution in [1.29, 1.82) is 0 Å². The molecule has 12 aromatic rings. The first-order valence-corrected chi connectivity index (χ1v) is 24.9. The Morgan fingerprint density at radius 2 is 0.569 bits per heavy atom. The van der Waals surface area contributed by atoms with Gasteiger partial charge in [0.05, 0.1) is 5.41 Å². The van der Waals surface area contributed by atoms with Gasteiger partial charge in [0.25, 0.3) is 0 Å². The Balaban J connectivity index is 0.877. The molecule has 0 unspecified atom stereocenters. The quantitative estimate of drug-likeness (QED) is 0.132. The third-order valence-corrected chi connectivity index (χ3v) is 14.7. The molecule has 0 saturated heterocycles. The zero-order valence-corrected chi connectivity index (χ0v) is 39.7. The largest absolute Gasteiger partial charge is 0.311 e. The van der Waals surface area contributed by atoms with Crippen LogP contribution in [0.1, 0.15) is 22.3 Å². The van der Waals surface area contributed by atoms with Gasteiger partial charge in [-0.3, -0.25) is 0 Å². The van der Waals surface area contributed by atoms with Crippen LogP contribution < -0.4 is 4.90 Å². The zero-order valence-electron chi connectivity index (χ0n) is 39.7. The molecule has 72 heavy (non-hydrogen) atoms. The second-order valence-corrected chi connectivity index (χ2v) is 18.9. The topological polar surface area (TPSA) is 3.24 Å². The zero-order chi connectivity index (χ0) is 47.8. The van der Waals surface area contributed by atoms with E-state index in [2.05, 4.69) is 302 Å². The molecule has 0 aliphatic heterocycles. The summed E-state index contributed by atoms with van der Waals surface area (Å²) in [6, 6.07) is 109. The highest BCUT2D eigenvalue weighted by atomic mass is 15.1. The summed E-state index contributed by atoms with van der Waals surface area (Å²) in [5.74, 6) is 0. The predicted octanol–water partition coefficient (Wildman–Crippen LogP) is 19.0. The summed E-state index contributed by atoms with van der Waals surface area (Å²) in [5.41, 5.74) is 22.5. The molecule has 0 N–H and O–H groups in total. The lowest BCUT2D eigenvalue weighted by Gasteiger charge is -2.34. The smallest absolute Gasteiger partial charge is 0.0713 e. The maximum atomic E-state index is 2.45. The summed E-state index contributed by atoms with van der Waals surface area (Å²) >= 11 is 0. The van der Waals surface area contributed by atoms with Crippen LogP contribution in [0.5, 0.6) is 0 Å². The number of hydrogen-bond donors (Lipinski definition) is 0. The minimum Gasteiger partial charge on any atom is -0.311 e. The van der Waals surface area contributed by atoms with Crippen LogP contribution in [0.4, 0.5) is 17.1 Å². The third-order valence-electron chi connectivity index (χ3n) is 14.7. The number of hydrogen-bond acceptors (Lipinski definition) is 1. The van der Waals surface area contributed by atoms with E-state index in [-0.39, 0.29) is 0 Å². The first-order chi connectivity index (χ1) is 35.7. The van der Waals surface area contributed by atoms with Gasteiger partial charge in [0, 0.05) is 17.1 Å². The van der Waals surface area contributed by atoms with Gasteiger partial charge in [0.15, 0.2) is 0 Å². The first-order valence-electron chi connectivity index (χ1n) is 24.9. The molecule has 338 valence electrons. The Morgan fingerprint density at radius 3 is 1.11 bits per heavy atom. The van der Waals surface area contributed by atoms with Crippen LogP contribution in [0.25, 0.3) is 77.5 Å². The molecule has 1 aliphatic rings. The number of rotatable bonds is 10. The van der Waals surface area contributed by atoms with Crippen LogP contribution in [0.2, 0.25) is 0 Å². The van der Waals surface area contributed by atoms with Crippen molar-refractivity contribution in [2.75, 3.05) is 4.90 Å². The van der Waals surface area contributed by atoms with Gasteiger partial charge in [-0.15, -0.1) is 0 Å². The molecule has 1 aliphatic carbocycles. The molecule has 1 nitrogen and oxygen atoms in total. The fourth-order valence-electron chi connectivity index (χ4n) is 11.2. The average molecular weight is 916 g/mol. The van der Waals surface area contributed by atoms with E-state index in [4.69, 9.17) is 0 Å². The van der Waals surface area contributed by atoms with E-state index in [1.807, 2.05) is 0 Å². The summed E-state index contributed by atoms with van der Waals surface area (Å²) < 4.78 is 0. The van der Waals surface area contributed by atoms with E-state index in [0.717, 1.165) is 17.1 Å². The summed E-state index contributed by atoms with van der Waals surface area (Å²) in [6.07, 6.45) is 0. The molecule has 1 heteroatoms.